The van der Waals surface area contributed by atoms with Crippen molar-refractivity contribution >= 4 is 27.4 Å². The van der Waals surface area contributed by atoms with Gasteiger partial charge in [-0.3, -0.25) is 0 Å². The van der Waals surface area contributed by atoms with Gasteiger partial charge in [-0.2, -0.15) is 10.4 Å². The van der Waals surface area contributed by atoms with Gasteiger partial charge in [-0.05, 0) is 89.1 Å². The first-order valence-electron chi connectivity index (χ1n) is 15.5. The number of hydrogen-bond acceptors (Lipinski definition) is 10. The fourth-order valence-corrected chi connectivity index (χ4v) is 9.26. The molecule has 1 spiro atoms. The van der Waals surface area contributed by atoms with Crippen LogP contribution in [0, 0.1) is 11.3 Å². The van der Waals surface area contributed by atoms with Crippen LogP contribution in [0.4, 0.5) is 5.00 Å². The molecule has 3 N–H and O–H groups in total. The molecule has 2 aliphatic carbocycles. The molecule has 8 rings (SSSR count). The number of aryl methyl sites for hydroxylation is 1. The Hall–Kier alpha value is -4.05. The van der Waals surface area contributed by atoms with Crippen LogP contribution in [0.5, 0.6) is 0 Å². The number of nitriles is 1. The molecule has 6 heterocycles. The second-order valence-corrected chi connectivity index (χ2v) is 13.7. The Labute approximate surface area is 258 Å². The first-order chi connectivity index (χ1) is 21.4. The molecule has 1 saturated heterocycles. The Morgan fingerprint density at radius 2 is 2.09 bits per heavy atom. The molecule has 0 aromatic carbocycles. The molecule has 44 heavy (non-hydrogen) atoms. The number of likely N-dealkylation sites (N-methyl/N-ethyl adjacent to an activating group) is 1. The zero-order valence-corrected chi connectivity index (χ0v) is 25.8. The predicted molar refractivity (Wildman–Crippen MR) is 167 cm³/mol. The van der Waals surface area contributed by atoms with Crippen LogP contribution in [-0.4, -0.2) is 59.1 Å². The maximum atomic E-state index is 10.1. The molecule has 1 aliphatic heterocycles. The number of likely N-dealkylation sites (tertiary alicyclic amines) is 1. The fourth-order valence-electron chi connectivity index (χ4n) is 8.10. The third kappa shape index (κ3) is 3.92. The molecule has 1 fully saturated rings. The summed E-state index contributed by atoms with van der Waals surface area (Å²) in [7, 11) is 2.18. The molecule has 0 bridgehead atoms. The first-order valence-corrected chi connectivity index (χ1v) is 16.3. The van der Waals surface area contributed by atoms with Crippen LogP contribution in [-0.2, 0) is 24.9 Å². The van der Waals surface area contributed by atoms with Crippen LogP contribution >= 0.6 is 11.3 Å². The molecular weight excluding hydrogens is 574 g/mol. The van der Waals surface area contributed by atoms with Crippen molar-refractivity contribution in [2.24, 2.45) is 0 Å². The van der Waals surface area contributed by atoms with Crippen LogP contribution in [0.2, 0.25) is 0 Å². The third-order valence-electron chi connectivity index (χ3n) is 10.2. The number of aliphatic hydroxyl groups is 1. The van der Waals surface area contributed by atoms with E-state index in [-0.39, 0.29) is 12.6 Å². The van der Waals surface area contributed by atoms with Crippen molar-refractivity contribution in [2.45, 2.75) is 82.4 Å². The summed E-state index contributed by atoms with van der Waals surface area (Å²) < 4.78 is 10.2. The number of nitrogens with two attached hydrogens (primary N) is 1. The third-order valence-corrected chi connectivity index (χ3v) is 11.3. The SMILES string of the molecule is CC(C1CCCN1C)n1ncc2c(-n3ccc(CO)c3)nc(-c3noc4c3CCCC43CCCc4sc(N)c(C#N)c43)nc21. The van der Waals surface area contributed by atoms with E-state index in [9.17, 15) is 10.4 Å². The quantitative estimate of drug-likeness (QED) is 0.284. The van der Waals surface area contributed by atoms with Crippen LogP contribution in [0.1, 0.15) is 84.4 Å². The topological polar surface area (TPSA) is 148 Å². The molecule has 0 saturated carbocycles. The van der Waals surface area contributed by atoms with Crippen molar-refractivity contribution in [1.29, 1.82) is 5.26 Å². The van der Waals surface area contributed by atoms with E-state index in [1.807, 2.05) is 33.9 Å². The Kier molecular flexibility index (Phi) is 6.41. The highest BCUT2D eigenvalue weighted by Crippen LogP contribution is 2.55. The molecule has 11 nitrogen and oxygen atoms in total. The lowest BCUT2D eigenvalue weighted by atomic mass is 9.63. The normalized spacial score (nSPS) is 22.4. The lowest BCUT2D eigenvalue weighted by Crippen LogP contribution is -2.35. The largest absolute Gasteiger partial charge is 0.392 e. The average molecular weight is 610 g/mol. The van der Waals surface area contributed by atoms with Crippen molar-refractivity contribution < 1.29 is 9.63 Å². The lowest BCUT2D eigenvalue weighted by Gasteiger charge is -2.39. The first kappa shape index (κ1) is 27.5. The summed E-state index contributed by atoms with van der Waals surface area (Å²) in [5, 5.41) is 30.8. The van der Waals surface area contributed by atoms with Crippen molar-refractivity contribution in [3.63, 3.8) is 0 Å². The van der Waals surface area contributed by atoms with E-state index in [2.05, 4.69) is 30.1 Å². The van der Waals surface area contributed by atoms with E-state index in [1.54, 1.807) is 11.3 Å². The van der Waals surface area contributed by atoms with Gasteiger partial charge in [-0.1, -0.05) is 5.16 Å². The molecular formula is C32H35N9O2S. The summed E-state index contributed by atoms with van der Waals surface area (Å²) in [4.78, 5) is 13.8. The van der Waals surface area contributed by atoms with Gasteiger partial charge in [-0.15, -0.1) is 11.3 Å². The van der Waals surface area contributed by atoms with E-state index >= 15 is 0 Å². The summed E-state index contributed by atoms with van der Waals surface area (Å²) in [5.74, 6) is 2.00. The van der Waals surface area contributed by atoms with Gasteiger partial charge >= 0.3 is 0 Å². The van der Waals surface area contributed by atoms with Crippen molar-refractivity contribution in [2.75, 3.05) is 19.3 Å². The summed E-state index contributed by atoms with van der Waals surface area (Å²) in [6.07, 6.45) is 13.4. The van der Waals surface area contributed by atoms with E-state index in [1.165, 1.54) is 11.3 Å². The molecule has 0 amide bonds. The molecule has 0 radical (unpaired) electrons. The molecule has 3 aliphatic rings. The second-order valence-electron chi connectivity index (χ2n) is 12.6. The summed E-state index contributed by atoms with van der Waals surface area (Å²) in [6, 6.07) is 4.76. The fraction of sp³-hybridized carbons (Fsp3) is 0.469. The lowest BCUT2D eigenvalue weighted by molar-refractivity contribution is 0.232. The number of nitrogens with zero attached hydrogens (tertiary/aromatic N) is 8. The number of anilines is 1. The van der Waals surface area contributed by atoms with Crippen molar-refractivity contribution in [1.82, 2.24) is 34.4 Å². The zero-order valence-electron chi connectivity index (χ0n) is 25.0. The number of nitrogen functional groups attached to an aromatic ring is 1. The highest BCUT2D eigenvalue weighted by Gasteiger charge is 2.49. The summed E-state index contributed by atoms with van der Waals surface area (Å²) in [5.41, 5.74) is 10.8. The number of aromatic nitrogens is 6. The van der Waals surface area contributed by atoms with Crippen LogP contribution < -0.4 is 5.73 Å². The molecule has 3 atom stereocenters. The van der Waals surface area contributed by atoms with Crippen molar-refractivity contribution in [3.05, 3.63) is 57.5 Å². The highest BCUT2D eigenvalue weighted by atomic mass is 32.1. The highest BCUT2D eigenvalue weighted by molar-refractivity contribution is 7.16. The van der Waals surface area contributed by atoms with Crippen LogP contribution in [0.15, 0.2) is 29.2 Å². The van der Waals surface area contributed by atoms with E-state index in [0.717, 1.165) is 85.0 Å². The smallest absolute Gasteiger partial charge is 0.186 e. The minimum atomic E-state index is -0.418. The monoisotopic (exact) mass is 609 g/mol. The number of thiophene rings is 1. The maximum absolute atomic E-state index is 10.1. The van der Waals surface area contributed by atoms with Crippen LogP contribution in [0.3, 0.4) is 0 Å². The number of hydrogen-bond donors (Lipinski definition) is 2. The maximum Gasteiger partial charge on any atom is 0.186 e. The molecule has 226 valence electrons. The Morgan fingerprint density at radius 1 is 1.25 bits per heavy atom. The van der Waals surface area contributed by atoms with Gasteiger partial charge in [0.15, 0.2) is 28.7 Å². The minimum Gasteiger partial charge on any atom is -0.392 e. The predicted octanol–water partition coefficient (Wildman–Crippen LogP) is 4.89. The van der Waals surface area contributed by atoms with E-state index in [4.69, 9.17) is 25.3 Å². The molecule has 5 aromatic heterocycles. The van der Waals surface area contributed by atoms with Gasteiger partial charge in [0.1, 0.15) is 11.1 Å². The second kappa shape index (κ2) is 10.3. The summed E-state index contributed by atoms with van der Waals surface area (Å²) >= 11 is 1.54. The van der Waals surface area contributed by atoms with Crippen molar-refractivity contribution in [3.8, 4) is 23.4 Å². The Morgan fingerprint density at radius 3 is 2.84 bits per heavy atom. The van der Waals surface area contributed by atoms with Gasteiger partial charge in [-0.25, -0.2) is 14.6 Å². The van der Waals surface area contributed by atoms with E-state index < -0.39 is 5.41 Å². The van der Waals surface area contributed by atoms with Gasteiger partial charge in [0.2, 0.25) is 0 Å². The number of aliphatic hydroxyl groups excluding tert-OH is 1. The minimum absolute atomic E-state index is 0.0585. The zero-order chi connectivity index (χ0) is 30.2. The Balaban J connectivity index is 1.31. The average Bonchev–Trinajstić information content (AvgIpc) is 3.86. The van der Waals surface area contributed by atoms with Gasteiger partial charge < -0.3 is 24.8 Å². The molecule has 5 aromatic rings. The van der Waals surface area contributed by atoms with Crippen LogP contribution in [0.25, 0.3) is 28.4 Å². The molecule has 12 heteroatoms. The Bertz CT molecular complexity index is 1940. The number of rotatable bonds is 5. The van der Waals surface area contributed by atoms with E-state index in [0.29, 0.717) is 33.9 Å². The van der Waals surface area contributed by atoms with Gasteiger partial charge in [0.25, 0.3) is 0 Å². The standard InChI is InChI=1S/C32H35N9O2S/c1-18(23-7-5-12-39(23)2)41-31-22(15-35-41)30(40-13-9-19(16-40)17-42)36-29(37-31)26-20-6-3-10-32(27(20)43-38-26)11-4-8-24-25(32)21(14-33)28(34)44-24/h9,13,15-16,18,23,42H,3-8,10-12,17,34H2,1-2H3. The molecule has 3 unspecified atom stereocenters. The van der Waals surface area contributed by atoms with Gasteiger partial charge in [0, 0.05) is 28.9 Å². The number of fused-ring (bicyclic) bond motifs is 5. The summed E-state index contributed by atoms with van der Waals surface area (Å²) in [6.45, 7) is 3.23. The van der Waals surface area contributed by atoms with Gasteiger partial charge in [0.05, 0.1) is 35.2 Å².